The van der Waals surface area contributed by atoms with E-state index in [1.807, 2.05) is 30.3 Å². The third-order valence-electron chi connectivity index (χ3n) is 2.72. The van der Waals surface area contributed by atoms with Gasteiger partial charge in [-0.05, 0) is 28.8 Å². The predicted molar refractivity (Wildman–Crippen MR) is 77.7 cm³/mol. The van der Waals surface area contributed by atoms with Crippen LogP contribution in [0, 0.1) is 5.82 Å². The van der Waals surface area contributed by atoms with Crippen LogP contribution < -0.4 is 5.73 Å². The van der Waals surface area contributed by atoms with Gasteiger partial charge in [0.15, 0.2) is 0 Å². The third-order valence-corrected chi connectivity index (χ3v) is 3.98. The number of nitrogens with two attached hydrogens (primary N) is 1. The number of hydrogen-bond acceptors (Lipinski definition) is 2. The van der Waals surface area contributed by atoms with Gasteiger partial charge in [0.05, 0.1) is 0 Å². The summed E-state index contributed by atoms with van der Waals surface area (Å²) < 4.78 is 24.9. The fourth-order valence-electron chi connectivity index (χ4n) is 1.90. The number of halogens is 1. The van der Waals surface area contributed by atoms with Crippen LogP contribution in [0.1, 0.15) is 5.56 Å². The van der Waals surface area contributed by atoms with Gasteiger partial charge in [-0.15, -0.1) is 0 Å². The molecule has 0 aliphatic rings. The zero-order valence-corrected chi connectivity index (χ0v) is 11.5. The zero-order chi connectivity index (χ0) is 14.5. The van der Waals surface area contributed by atoms with E-state index >= 15 is 0 Å². The van der Waals surface area contributed by atoms with Gasteiger partial charge in [0.1, 0.15) is 11.6 Å². The molecule has 1 amide bonds. The first kappa shape index (κ1) is 14.4. The van der Waals surface area contributed by atoms with E-state index in [-0.39, 0.29) is 17.3 Å². The number of benzene rings is 2. The summed E-state index contributed by atoms with van der Waals surface area (Å²) in [7, 11) is -1.32. The van der Waals surface area contributed by atoms with Gasteiger partial charge in [-0.25, -0.2) is 4.39 Å². The van der Waals surface area contributed by atoms with Crippen molar-refractivity contribution in [1.29, 1.82) is 0 Å². The SMILES string of the molecule is NC(=O)CS(=O)Cc1cccc(-c2cccc(F)c2)c1. The molecule has 3 nitrogen and oxygen atoms in total. The third kappa shape index (κ3) is 3.99. The number of rotatable bonds is 5. The molecule has 0 bridgehead atoms. The minimum Gasteiger partial charge on any atom is -0.369 e. The Kier molecular flexibility index (Phi) is 4.63. The summed E-state index contributed by atoms with van der Waals surface area (Å²) in [6.07, 6.45) is 0. The van der Waals surface area contributed by atoms with E-state index in [0.717, 1.165) is 16.7 Å². The molecule has 2 aromatic carbocycles. The van der Waals surface area contributed by atoms with E-state index in [2.05, 4.69) is 0 Å². The van der Waals surface area contributed by atoms with Crippen molar-refractivity contribution in [3.05, 3.63) is 59.9 Å². The largest absolute Gasteiger partial charge is 0.369 e. The number of carbonyl (C=O) groups excluding carboxylic acids is 1. The molecule has 5 heteroatoms. The normalized spacial score (nSPS) is 12.1. The van der Waals surface area contributed by atoms with Crippen molar-refractivity contribution in [2.75, 3.05) is 5.75 Å². The van der Waals surface area contributed by atoms with Crippen LogP contribution in [0.3, 0.4) is 0 Å². The van der Waals surface area contributed by atoms with Crippen LogP contribution in [0.25, 0.3) is 11.1 Å². The Morgan fingerprint density at radius 1 is 1.10 bits per heavy atom. The molecule has 0 aliphatic heterocycles. The molecule has 0 spiro atoms. The van der Waals surface area contributed by atoms with Crippen molar-refractivity contribution in [3.63, 3.8) is 0 Å². The van der Waals surface area contributed by atoms with Crippen LogP contribution in [-0.2, 0) is 21.3 Å². The lowest BCUT2D eigenvalue weighted by Crippen LogP contribution is -2.20. The first-order chi connectivity index (χ1) is 9.54. The fraction of sp³-hybridized carbons (Fsp3) is 0.133. The van der Waals surface area contributed by atoms with Gasteiger partial charge in [-0.1, -0.05) is 36.4 Å². The molecule has 2 rings (SSSR count). The second-order valence-corrected chi connectivity index (χ2v) is 5.86. The van der Waals surface area contributed by atoms with Gasteiger partial charge >= 0.3 is 0 Å². The molecule has 0 saturated carbocycles. The first-order valence-corrected chi connectivity index (χ1v) is 7.51. The topological polar surface area (TPSA) is 60.2 Å². The van der Waals surface area contributed by atoms with E-state index < -0.39 is 16.7 Å². The van der Waals surface area contributed by atoms with E-state index in [1.54, 1.807) is 6.07 Å². The molecule has 0 radical (unpaired) electrons. The van der Waals surface area contributed by atoms with Crippen LogP contribution >= 0.6 is 0 Å². The summed E-state index contributed by atoms with van der Waals surface area (Å²) in [5, 5.41) is 0. The lowest BCUT2D eigenvalue weighted by molar-refractivity contribution is -0.115. The van der Waals surface area contributed by atoms with Gasteiger partial charge in [0.25, 0.3) is 0 Å². The molecule has 0 heterocycles. The number of amides is 1. The van der Waals surface area contributed by atoms with Crippen LogP contribution in [0.5, 0.6) is 0 Å². The lowest BCUT2D eigenvalue weighted by Gasteiger charge is -2.05. The van der Waals surface area contributed by atoms with Crippen LogP contribution in [0.15, 0.2) is 48.5 Å². The van der Waals surface area contributed by atoms with Crippen LogP contribution in [-0.4, -0.2) is 15.9 Å². The Morgan fingerprint density at radius 3 is 2.40 bits per heavy atom. The fourth-order valence-corrected chi connectivity index (χ4v) is 2.88. The summed E-state index contributed by atoms with van der Waals surface area (Å²) in [6.45, 7) is 0. The summed E-state index contributed by atoms with van der Waals surface area (Å²) in [6, 6.07) is 13.6. The number of carbonyl (C=O) groups is 1. The quantitative estimate of drug-likeness (QED) is 0.918. The van der Waals surface area contributed by atoms with E-state index in [0.29, 0.717) is 0 Å². The van der Waals surface area contributed by atoms with Crippen molar-refractivity contribution < 1.29 is 13.4 Å². The first-order valence-electron chi connectivity index (χ1n) is 6.03. The highest BCUT2D eigenvalue weighted by atomic mass is 32.2. The molecule has 0 aromatic heterocycles. The monoisotopic (exact) mass is 291 g/mol. The molecule has 0 fully saturated rings. The Hall–Kier alpha value is -2.01. The summed E-state index contributed by atoms with van der Waals surface area (Å²) in [5.74, 6) is -0.772. The highest BCUT2D eigenvalue weighted by Crippen LogP contribution is 2.21. The zero-order valence-electron chi connectivity index (χ0n) is 10.7. The lowest BCUT2D eigenvalue weighted by atomic mass is 10.0. The van der Waals surface area contributed by atoms with Gasteiger partial charge in [0, 0.05) is 16.6 Å². The van der Waals surface area contributed by atoms with Gasteiger partial charge in [-0.2, -0.15) is 0 Å². The van der Waals surface area contributed by atoms with Crippen LogP contribution in [0.2, 0.25) is 0 Å². The highest BCUT2D eigenvalue weighted by molar-refractivity contribution is 7.84. The summed E-state index contributed by atoms with van der Waals surface area (Å²) >= 11 is 0. The molecule has 0 aliphatic carbocycles. The number of hydrogen-bond donors (Lipinski definition) is 1. The predicted octanol–water partition coefficient (Wildman–Crippen LogP) is 2.23. The Labute approximate surface area is 119 Å². The van der Waals surface area contributed by atoms with Crippen LogP contribution in [0.4, 0.5) is 4.39 Å². The van der Waals surface area contributed by atoms with E-state index in [9.17, 15) is 13.4 Å². The summed E-state index contributed by atoms with van der Waals surface area (Å²) in [5.41, 5.74) is 7.44. The smallest absolute Gasteiger partial charge is 0.230 e. The van der Waals surface area contributed by atoms with E-state index in [1.165, 1.54) is 12.1 Å². The molecular formula is C15H14FNO2S. The molecule has 1 unspecified atom stereocenters. The molecule has 2 aromatic rings. The standard InChI is InChI=1S/C15H14FNO2S/c16-14-6-2-5-13(8-14)12-4-1-3-11(7-12)9-20(19)10-15(17)18/h1-8H,9-10H2,(H2,17,18). The minimum atomic E-state index is -1.32. The molecular weight excluding hydrogens is 277 g/mol. The second kappa shape index (κ2) is 6.43. The average Bonchev–Trinajstić information content (AvgIpc) is 2.38. The Bertz CT molecular complexity index is 658. The summed E-state index contributed by atoms with van der Waals surface area (Å²) in [4.78, 5) is 10.7. The van der Waals surface area contributed by atoms with Gasteiger partial charge < -0.3 is 5.73 Å². The highest BCUT2D eigenvalue weighted by Gasteiger charge is 2.07. The second-order valence-electron chi connectivity index (χ2n) is 4.41. The van der Waals surface area contributed by atoms with Crippen molar-refractivity contribution in [2.24, 2.45) is 5.73 Å². The average molecular weight is 291 g/mol. The Morgan fingerprint density at radius 2 is 1.75 bits per heavy atom. The number of primary amides is 1. The maximum Gasteiger partial charge on any atom is 0.230 e. The van der Waals surface area contributed by atoms with Crippen molar-refractivity contribution >= 4 is 16.7 Å². The van der Waals surface area contributed by atoms with Crippen molar-refractivity contribution in [2.45, 2.75) is 5.75 Å². The molecule has 20 heavy (non-hydrogen) atoms. The van der Waals surface area contributed by atoms with Gasteiger partial charge in [0.2, 0.25) is 5.91 Å². The maximum atomic E-state index is 13.2. The molecule has 1 atom stereocenters. The van der Waals surface area contributed by atoms with E-state index in [4.69, 9.17) is 5.73 Å². The molecule has 0 saturated heterocycles. The molecule has 104 valence electrons. The van der Waals surface area contributed by atoms with Crippen molar-refractivity contribution in [3.8, 4) is 11.1 Å². The van der Waals surface area contributed by atoms with Crippen molar-refractivity contribution in [1.82, 2.24) is 0 Å². The molecule has 2 N–H and O–H groups in total. The minimum absolute atomic E-state index is 0.149. The Balaban J connectivity index is 2.20. The maximum absolute atomic E-state index is 13.2. The van der Waals surface area contributed by atoms with Gasteiger partial charge in [-0.3, -0.25) is 9.00 Å².